The highest BCUT2D eigenvalue weighted by molar-refractivity contribution is 5.40. The first-order valence-corrected chi connectivity index (χ1v) is 4.32. The van der Waals surface area contributed by atoms with Crippen molar-refractivity contribution >= 4 is 0 Å². The van der Waals surface area contributed by atoms with Crippen molar-refractivity contribution in [2.75, 3.05) is 0 Å². The molecule has 52 valence electrons. The van der Waals surface area contributed by atoms with Gasteiger partial charge in [0.15, 0.2) is 0 Å². The summed E-state index contributed by atoms with van der Waals surface area (Å²) < 4.78 is 0. The van der Waals surface area contributed by atoms with Crippen LogP contribution in [0.4, 0.5) is 0 Å². The van der Waals surface area contributed by atoms with Crippen LogP contribution in [0.1, 0.15) is 25.7 Å². The molecule has 0 saturated heterocycles. The molecule has 0 atom stereocenters. The molecule has 0 radical (unpaired) electrons. The summed E-state index contributed by atoms with van der Waals surface area (Å²) in [5, 5.41) is 0. The van der Waals surface area contributed by atoms with Gasteiger partial charge in [-0.3, -0.25) is 0 Å². The second-order valence-corrected chi connectivity index (χ2v) is 3.90. The molecule has 0 nitrogen and oxygen atoms in total. The van der Waals surface area contributed by atoms with Gasteiger partial charge in [0.25, 0.3) is 0 Å². The maximum atomic E-state index is 2.37. The molecule has 2 bridgehead atoms. The van der Waals surface area contributed by atoms with Crippen LogP contribution in [0.5, 0.6) is 0 Å². The smallest absolute Gasteiger partial charge is 0.0130 e. The van der Waals surface area contributed by atoms with Crippen LogP contribution in [0.3, 0.4) is 0 Å². The Balaban J connectivity index is 2.06. The SMILES string of the molecule is C1=CC2=C(C1)CC1CC2C1. The molecule has 0 unspecified atom stereocenters. The minimum atomic E-state index is 0.993. The van der Waals surface area contributed by atoms with E-state index in [1.165, 1.54) is 25.7 Å². The van der Waals surface area contributed by atoms with E-state index in [-0.39, 0.29) is 0 Å². The van der Waals surface area contributed by atoms with Crippen molar-refractivity contribution in [2.45, 2.75) is 25.7 Å². The minimum absolute atomic E-state index is 0.993. The summed E-state index contributed by atoms with van der Waals surface area (Å²) in [6.07, 6.45) is 10.4. The molecule has 0 amide bonds. The summed E-state index contributed by atoms with van der Waals surface area (Å²) in [5.74, 6) is 2.08. The van der Waals surface area contributed by atoms with E-state index in [0.717, 1.165) is 11.8 Å². The lowest BCUT2D eigenvalue weighted by Crippen LogP contribution is -2.29. The van der Waals surface area contributed by atoms with Crippen molar-refractivity contribution in [3.8, 4) is 0 Å². The monoisotopic (exact) mass is 132 g/mol. The van der Waals surface area contributed by atoms with Crippen molar-refractivity contribution in [3.63, 3.8) is 0 Å². The quantitative estimate of drug-likeness (QED) is 0.475. The third kappa shape index (κ3) is 0.484. The van der Waals surface area contributed by atoms with Crippen LogP contribution in [-0.4, -0.2) is 0 Å². The second kappa shape index (κ2) is 1.55. The molecule has 0 heteroatoms. The molecule has 0 aliphatic heterocycles. The fourth-order valence-electron chi connectivity index (χ4n) is 2.69. The van der Waals surface area contributed by atoms with Gasteiger partial charge in [0.2, 0.25) is 0 Å². The van der Waals surface area contributed by atoms with Crippen LogP contribution in [0.15, 0.2) is 23.3 Å². The Morgan fingerprint density at radius 3 is 3.00 bits per heavy atom. The van der Waals surface area contributed by atoms with Gasteiger partial charge in [0, 0.05) is 0 Å². The molecule has 0 aromatic carbocycles. The highest BCUT2D eigenvalue weighted by Gasteiger charge is 2.38. The molecule has 0 N–H and O–H groups in total. The van der Waals surface area contributed by atoms with Gasteiger partial charge in [-0.2, -0.15) is 0 Å². The van der Waals surface area contributed by atoms with E-state index < -0.39 is 0 Å². The van der Waals surface area contributed by atoms with E-state index in [4.69, 9.17) is 0 Å². The average Bonchev–Trinajstić information content (AvgIpc) is 2.29. The van der Waals surface area contributed by atoms with Crippen LogP contribution < -0.4 is 0 Å². The van der Waals surface area contributed by atoms with Gasteiger partial charge < -0.3 is 0 Å². The summed E-state index contributed by atoms with van der Waals surface area (Å²) in [6, 6.07) is 0. The number of hydrogen-bond donors (Lipinski definition) is 0. The van der Waals surface area contributed by atoms with E-state index in [0.29, 0.717) is 0 Å². The zero-order valence-electron chi connectivity index (χ0n) is 6.14. The molecule has 0 aromatic rings. The molecule has 10 heavy (non-hydrogen) atoms. The summed E-state index contributed by atoms with van der Waals surface area (Å²) in [5.41, 5.74) is 3.50. The maximum absolute atomic E-state index is 2.37. The zero-order valence-corrected chi connectivity index (χ0v) is 6.14. The Morgan fingerprint density at radius 1 is 1.30 bits per heavy atom. The van der Waals surface area contributed by atoms with E-state index in [9.17, 15) is 0 Å². The molecular weight excluding hydrogens is 120 g/mol. The Kier molecular flexibility index (Phi) is 0.803. The van der Waals surface area contributed by atoms with Crippen molar-refractivity contribution in [2.24, 2.45) is 11.8 Å². The lowest BCUT2D eigenvalue weighted by atomic mass is 9.63. The van der Waals surface area contributed by atoms with E-state index in [2.05, 4.69) is 12.2 Å². The van der Waals surface area contributed by atoms with E-state index >= 15 is 0 Å². The third-order valence-electron chi connectivity index (χ3n) is 3.28. The molecule has 4 rings (SSSR count). The van der Waals surface area contributed by atoms with E-state index in [1.54, 1.807) is 11.1 Å². The minimum Gasteiger partial charge on any atom is -0.0802 e. The van der Waals surface area contributed by atoms with Crippen molar-refractivity contribution < 1.29 is 0 Å². The van der Waals surface area contributed by atoms with Gasteiger partial charge in [-0.15, -0.1) is 0 Å². The van der Waals surface area contributed by atoms with Crippen LogP contribution >= 0.6 is 0 Å². The zero-order chi connectivity index (χ0) is 6.55. The van der Waals surface area contributed by atoms with Crippen LogP contribution in [0.25, 0.3) is 0 Å². The molecular formula is C10H12. The van der Waals surface area contributed by atoms with Crippen LogP contribution in [0, 0.1) is 11.8 Å². The summed E-state index contributed by atoms with van der Waals surface area (Å²) in [7, 11) is 0. The number of rotatable bonds is 0. The van der Waals surface area contributed by atoms with Gasteiger partial charge in [-0.1, -0.05) is 17.7 Å². The Morgan fingerprint density at radius 2 is 2.20 bits per heavy atom. The third-order valence-corrected chi connectivity index (χ3v) is 3.28. The normalized spacial score (nSPS) is 41.6. The topological polar surface area (TPSA) is 0 Å². The van der Waals surface area contributed by atoms with Crippen LogP contribution in [-0.2, 0) is 0 Å². The molecule has 0 heterocycles. The van der Waals surface area contributed by atoms with E-state index in [1.807, 2.05) is 0 Å². The molecule has 4 aliphatic carbocycles. The van der Waals surface area contributed by atoms with Gasteiger partial charge >= 0.3 is 0 Å². The van der Waals surface area contributed by atoms with Gasteiger partial charge in [0.05, 0.1) is 0 Å². The summed E-state index contributed by atoms with van der Waals surface area (Å²) >= 11 is 0. The van der Waals surface area contributed by atoms with Crippen molar-refractivity contribution in [3.05, 3.63) is 23.3 Å². The first-order chi connectivity index (χ1) is 4.93. The van der Waals surface area contributed by atoms with Crippen molar-refractivity contribution in [1.29, 1.82) is 0 Å². The standard InChI is InChI=1S/C10H12/c1-2-8-4-7-5-9(6-7)10(8)3-1/h1,3,7,9H,2,4-6H2. The first-order valence-electron chi connectivity index (χ1n) is 4.32. The molecule has 1 saturated carbocycles. The molecule has 4 aliphatic rings. The average molecular weight is 132 g/mol. The Labute approximate surface area is 61.6 Å². The summed E-state index contributed by atoms with van der Waals surface area (Å²) in [6.45, 7) is 0. The lowest BCUT2D eigenvalue weighted by molar-refractivity contribution is 0.207. The van der Waals surface area contributed by atoms with Gasteiger partial charge in [-0.05, 0) is 43.1 Å². The predicted molar refractivity (Wildman–Crippen MR) is 41.6 cm³/mol. The first kappa shape index (κ1) is 5.17. The molecule has 0 spiro atoms. The Bertz CT molecular complexity index is 226. The second-order valence-electron chi connectivity index (χ2n) is 3.90. The fourth-order valence-corrected chi connectivity index (χ4v) is 2.69. The fraction of sp³-hybridized carbons (Fsp3) is 0.600. The van der Waals surface area contributed by atoms with Crippen molar-refractivity contribution in [1.82, 2.24) is 0 Å². The maximum Gasteiger partial charge on any atom is -0.0130 e. The highest BCUT2D eigenvalue weighted by atomic mass is 14.4. The Hall–Kier alpha value is -0.520. The molecule has 1 fully saturated rings. The molecule has 0 aromatic heterocycles. The largest absolute Gasteiger partial charge is 0.0802 e. The lowest BCUT2D eigenvalue weighted by Gasteiger charge is -2.42. The number of allylic oxidation sites excluding steroid dienone is 4. The van der Waals surface area contributed by atoms with Gasteiger partial charge in [-0.25, -0.2) is 0 Å². The predicted octanol–water partition coefficient (Wildman–Crippen LogP) is 2.67. The van der Waals surface area contributed by atoms with Crippen LogP contribution in [0.2, 0.25) is 0 Å². The summed E-state index contributed by atoms with van der Waals surface area (Å²) in [4.78, 5) is 0. The highest BCUT2D eigenvalue weighted by Crippen LogP contribution is 2.51. The number of hydrogen-bond acceptors (Lipinski definition) is 0. The van der Waals surface area contributed by atoms with Gasteiger partial charge in [0.1, 0.15) is 0 Å².